The highest BCUT2D eigenvalue weighted by Gasteiger charge is 2.18. The molecule has 0 aliphatic rings. The van der Waals surface area contributed by atoms with Gasteiger partial charge in [0.15, 0.2) is 0 Å². The monoisotopic (exact) mass is 273 g/mol. The predicted octanol–water partition coefficient (Wildman–Crippen LogP) is 2.13. The van der Waals surface area contributed by atoms with Crippen LogP contribution in [0.15, 0.2) is 0 Å². The zero-order valence-electron chi connectivity index (χ0n) is 11.8. The van der Waals surface area contributed by atoms with Crippen LogP contribution in [0.3, 0.4) is 0 Å². The van der Waals surface area contributed by atoms with Crippen LogP contribution in [0.25, 0.3) is 0 Å². The van der Waals surface area contributed by atoms with Gasteiger partial charge in [-0.1, -0.05) is 32.4 Å². The van der Waals surface area contributed by atoms with Gasteiger partial charge in [0.25, 0.3) is 0 Å². The number of nitrogens with one attached hydrogen (secondary N) is 1. The Kier molecular flexibility index (Phi) is 5.63. The van der Waals surface area contributed by atoms with Gasteiger partial charge in [0, 0.05) is 32.3 Å². The summed E-state index contributed by atoms with van der Waals surface area (Å²) in [5.41, 5.74) is 2.23. The van der Waals surface area contributed by atoms with Gasteiger partial charge in [-0.25, -0.2) is 0 Å². The second kappa shape index (κ2) is 6.55. The molecule has 4 nitrogen and oxygen atoms in total. The summed E-state index contributed by atoms with van der Waals surface area (Å²) in [7, 11) is 1.86. The molecule has 0 spiro atoms. The van der Waals surface area contributed by atoms with Crippen LogP contribution in [-0.2, 0) is 20.0 Å². The van der Waals surface area contributed by atoms with Crippen molar-refractivity contribution in [1.29, 1.82) is 0 Å². The Morgan fingerprint density at radius 1 is 1.44 bits per heavy atom. The summed E-state index contributed by atoms with van der Waals surface area (Å²) in [4.78, 5) is 0. The number of aliphatic hydroxyl groups is 1. The van der Waals surface area contributed by atoms with Gasteiger partial charge in [-0.15, -0.1) is 0 Å². The van der Waals surface area contributed by atoms with Crippen molar-refractivity contribution in [3.8, 4) is 0 Å². The van der Waals surface area contributed by atoms with Gasteiger partial charge in [-0.3, -0.25) is 4.68 Å². The minimum absolute atomic E-state index is 0.0931. The molecular weight excluding hydrogens is 250 g/mol. The van der Waals surface area contributed by atoms with Gasteiger partial charge in [0.2, 0.25) is 0 Å². The number of rotatable bonds is 7. The van der Waals surface area contributed by atoms with Crippen molar-refractivity contribution in [2.24, 2.45) is 12.5 Å². The first-order valence-electron chi connectivity index (χ1n) is 6.43. The topological polar surface area (TPSA) is 50.1 Å². The molecule has 1 aromatic heterocycles. The normalized spacial score (nSPS) is 12.1. The standard InChI is InChI=1S/C13H24ClN3O/c1-5-11-10(12(14)17(4)16-11)8-15-9-13(2,3)6-7-18/h15,18H,5-9H2,1-4H3. The number of aromatic nitrogens is 2. The average Bonchev–Trinajstić information content (AvgIpc) is 2.56. The third-order valence-electron chi connectivity index (χ3n) is 3.18. The quantitative estimate of drug-likeness (QED) is 0.800. The molecule has 0 saturated heterocycles. The zero-order valence-corrected chi connectivity index (χ0v) is 12.5. The maximum absolute atomic E-state index is 8.99. The largest absolute Gasteiger partial charge is 0.396 e. The number of halogens is 1. The minimum Gasteiger partial charge on any atom is -0.396 e. The van der Waals surface area contributed by atoms with Crippen LogP contribution in [0.2, 0.25) is 5.15 Å². The molecule has 0 fully saturated rings. The fourth-order valence-electron chi connectivity index (χ4n) is 1.98. The summed E-state index contributed by atoms with van der Waals surface area (Å²) < 4.78 is 1.72. The molecule has 0 amide bonds. The SMILES string of the molecule is CCc1nn(C)c(Cl)c1CNCC(C)(C)CCO. The zero-order chi connectivity index (χ0) is 13.8. The Bertz CT molecular complexity index is 388. The van der Waals surface area contributed by atoms with E-state index in [0.29, 0.717) is 5.15 Å². The molecule has 104 valence electrons. The molecule has 5 heteroatoms. The molecule has 0 bridgehead atoms. The molecule has 0 saturated carbocycles. The van der Waals surface area contributed by atoms with E-state index < -0.39 is 0 Å². The molecule has 1 aromatic rings. The average molecular weight is 274 g/mol. The van der Waals surface area contributed by atoms with E-state index in [9.17, 15) is 0 Å². The molecule has 0 aromatic carbocycles. The van der Waals surface area contributed by atoms with E-state index in [2.05, 4.69) is 31.2 Å². The smallest absolute Gasteiger partial charge is 0.131 e. The fraction of sp³-hybridized carbons (Fsp3) is 0.769. The summed E-state index contributed by atoms with van der Waals surface area (Å²) in [6.07, 6.45) is 1.68. The Balaban J connectivity index is 2.59. The number of nitrogens with zero attached hydrogens (tertiary/aromatic N) is 2. The third kappa shape index (κ3) is 3.97. The summed E-state index contributed by atoms with van der Waals surface area (Å²) in [5, 5.41) is 17.5. The van der Waals surface area contributed by atoms with E-state index >= 15 is 0 Å². The van der Waals surface area contributed by atoms with Crippen molar-refractivity contribution in [2.45, 2.75) is 40.2 Å². The van der Waals surface area contributed by atoms with Crippen LogP contribution in [0, 0.1) is 5.41 Å². The Morgan fingerprint density at radius 3 is 2.67 bits per heavy atom. The molecular formula is C13H24ClN3O. The maximum atomic E-state index is 8.99. The Labute approximate surface area is 114 Å². The van der Waals surface area contributed by atoms with E-state index in [1.807, 2.05) is 7.05 Å². The third-order valence-corrected chi connectivity index (χ3v) is 3.65. The Hall–Kier alpha value is -0.580. The van der Waals surface area contributed by atoms with E-state index in [1.54, 1.807) is 4.68 Å². The number of hydrogen-bond donors (Lipinski definition) is 2. The first-order valence-corrected chi connectivity index (χ1v) is 6.81. The second-order valence-corrected chi connectivity index (χ2v) is 5.79. The Morgan fingerprint density at radius 2 is 2.11 bits per heavy atom. The minimum atomic E-state index is 0.0931. The van der Waals surface area contributed by atoms with Crippen molar-refractivity contribution in [2.75, 3.05) is 13.2 Å². The van der Waals surface area contributed by atoms with Crippen molar-refractivity contribution in [3.63, 3.8) is 0 Å². The summed E-state index contributed by atoms with van der Waals surface area (Å²) in [5.74, 6) is 0. The second-order valence-electron chi connectivity index (χ2n) is 5.43. The fourth-order valence-corrected chi connectivity index (χ4v) is 2.19. The van der Waals surface area contributed by atoms with Crippen LogP contribution in [0.5, 0.6) is 0 Å². The lowest BCUT2D eigenvalue weighted by Crippen LogP contribution is -2.30. The molecule has 1 rings (SSSR count). The first kappa shape index (κ1) is 15.5. The molecule has 0 aliphatic carbocycles. The van der Waals surface area contributed by atoms with Gasteiger partial charge in [0.1, 0.15) is 5.15 Å². The van der Waals surface area contributed by atoms with Crippen molar-refractivity contribution < 1.29 is 5.11 Å². The number of aliphatic hydroxyl groups excluding tert-OH is 1. The van der Waals surface area contributed by atoms with Crippen LogP contribution >= 0.6 is 11.6 Å². The van der Waals surface area contributed by atoms with E-state index in [0.717, 1.165) is 37.2 Å². The molecule has 0 aliphatic heterocycles. The molecule has 1 heterocycles. The molecule has 2 N–H and O–H groups in total. The summed E-state index contributed by atoms with van der Waals surface area (Å²) in [6.45, 7) is 8.16. The van der Waals surface area contributed by atoms with Crippen molar-refractivity contribution in [1.82, 2.24) is 15.1 Å². The molecule has 0 unspecified atom stereocenters. The summed E-state index contributed by atoms with van der Waals surface area (Å²) in [6, 6.07) is 0. The van der Waals surface area contributed by atoms with E-state index in [-0.39, 0.29) is 12.0 Å². The van der Waals surface area contributed by atoms with Gasteiger partial charge in [-0.05, 0) is 18.3 Å². The lowest BCUT2D eigenvalue weighted by Gasteiger charge is -2.24. The molecule has 0 radical (unpaired) electrons. The van der Waals surface area contributed by atoms with Crippen LogP contribution in [0.1, 0.15) is 38.4 Å². The highest BCUT2D eigenvalue weighted by atomic mass is 35.5. The first-order chi connectivity index (χ1) is 8.41. The van der Waals surface area contributed by atoms with E-state index in [1.165, 1.54) is 0 Å². The maximum Gasteiger partial charge on any atom is 0.131 e. The number of hydrogen-bond acceptors (Lipinski definition) is 3. The lowest BCUT2D eigenvalue weighted by molar-refractivity contribution is 0.207. The summed E-state index contributed by atoms with van der Waals surface area (Å²) >= 11 is 6.22. The van der Waals surface area contributed by atoms with Crippen molar-refractivity contribution in [3.05, 3.63) is 16.4 Å². The molecule has 18 heavy (non-hydrogen) atoms. The van der Waals surface area contributed by atoms with Crippen LogP contribution in [0.4, 0.5) is 0 Å². The van der Waals surface area contributed by atoms with Gasteiger partial charge < -0.3 is 10.4 Å². The molecule has 0 atom stereocenters. The highest BCUT2D eigenvalue weighted by molar-refractivity contribution is 6.30. The van der Waals surface area contributed by atoms with Gasteiger partial charge in [0.05, 0.1) is 5.69 Å². The van der Waals surface area contributed by atoms with Crippen molar-refractivity contribution >= 4 is 11.6 Å². The van der Waals surface area contributed by atoms with Gasteiger partial charge >= 0.3 is 0 Å². The lowest BCUT2D eigenvalue weighted by atomic mass is 9.90. The predicted molar refractivity (Wildman–Crippen MR) is 74.8 cm³/mol. The van der Waals surface area contributed by atoms with E-state index in [4.69, 9.17) is 16.7 Å². The number of aryl methyl sites for hydroxylation is 2. The van der Waals surface area contributed by atoms with Crippen LogP contribution < -0.4 is 5.32 Å². The highest BCUT2D eigenvalue weighted by Crippen LogP contribution is 2.21. The van der Waals surface area contributed by atoms with Gasteiger partial charge in [-0.2, -0.15) is 5.10 Å². The van der Waals surface area contributed by atoms with Crippen LogP contribution in [-0.4, -0.2) is 28.0 Å².